The Labute approximate surface area is 130 Å². The fourth-order valence-electron chi connectivity index (χ4n) is 2.77. The van der Waals surface area contributed by atoms with Crippen molar-refractivity contribution in [2.45, 2.75) is 0 Å². The minimum atomic E-state index is 0.696. The summed E-state index contributed by atoms with van der Waals surface area (Å²) in [4.78, 5) is 4.59. The van der Waals surface area contributed by atoms with Crippen LogP contribution in [0.25, 0.3) is 0 Å². The smallest absolute Gasteiger partial charge is 0.0992 e. The van der Waals surface area contributed by atoms with Gasteiger partial charge in [0.2, 0.25) is 0 Å². The van der Waals surface area contributed by atoms with Crippen LogP contribution in [0.4, 0.5) is 11.4 Å². The Morgan fingerprint density at radius 1 is 0.682 bits per heavy atom. The molecule has 4 nitrogen and oxygen atoms in total. The summed E-state index contributed by atoms with van der Waals surface area (Å²) in [5, 5.41) is 18.0. The fraction of sp³-hybridized carbons (Fsp3) is 0.222. The number of hydrogen-bond acceptors (Lipinski definition) is 4. The Hall–Kier alpha value is -2.98. The Morgan fingerprint density at radius 3 is 1.45 bits per heavy atom. The molecular formula is C18H16N4. The predicted octanol–water partition coefficient (Wildman–Crippen LogP) is 2.76. The molecule has 0 atom stereocenters. The standard InChI is InChI=1S/C18H16N4/c19-13-15-3-1-5-17(11-15)21-7-9-22(10-8-21)18-6-2-4-16(12-18)14-20/h1-6,11-12H,7-10H2. The van der Waals surface area contributed by atoms with Crippen LogP contribution in [0.5, 0.6) is 0 Å². The SMILES string of the molecule is N#Cc1cccc(N2CCN(c3cccc(C#N)c3)CC2)c1. The van der Waals surface area contributed by atoms with E-state index in [4.69, 9.17) is 10.5 Å². The first-order valence-corrected chi connectivity index (χ1v) is 7.30. The number of benzene rings is 2. The van der Waals surface area contributed by atoms with Gasteiger partial charge in [-0.3, -0.25) is 0 Å². The maximum Gasteiger partial charge on any atom is 0.0992 e. The highest BCUT2D eigenvalue weighted by Crippen LogP contribution is 2.22. The number of anilines is 2. The maximum atomic E-state index is 9.00. The quantitative estimate of drug-likeness (QED) is 0.852. The van der Waals surface area contributed by atoms with E-state index in [-0.39, 0.29) is 0 Å². The van der Waals surface area contributed by atoms with Gasteiger partial charge in [0.25, 0.3) is 0 Å². The monoisotopic (exact) mass is 288 g/mol. The zero-order chi connectivity index (χ0) is 15.4. The highest BCUT2D eigenvalue weighted by Gasteiger charge is 2.17. The van der Waals surface area contributed by atoms with Crippen molar-refractivity contribution in [1.29, 1.82) is 10.5 Å². The number of piperazine rings is 1. The van der Waals surface area contributed by atoms with Crippen LogP contribution in [0, 0.1) is 22.7 Å². The van der Waals surface area contributed by atoms with E-state index in [1.54, 1.807) is 0 Å². The first-order chi connectivity index (χ1) is 10.8. The summed E-state index contributed by atoms with van der Waals surface area (Å²) < 4.78 is 0. The Morgan fingerprint density at radius 2 is 1.09 bits per heavy atom. The molecule has 0 bridgehead atoms. The molecule has 2 aromatic rings. The maximum absolute atomic E-state index is 9.00. The van der Waals surface area contributed by atoms with Gasteiger partial charge >= 0.3 is 0 Å². The van der Waals surface area contributed by atoms with Crippen LogP contribution in [0.1, 0.15) is 11.1 Å². The molecule has 0 amide bonds. The van der Waals surface area contributed by atoms with Gasteiger partial charge in [-0.15, -0.1) is 0 Å². The molecule has 0 radical (unpaired) electrons. The van der Waals surface area contributed by atoms with Crippen molar-refractivity contribution in [3.05, 3.63) is 59.7 Å². The molecule has 2 aromatic carbocycles. The predicted molar refractivity (Wildman–Crippen MR) is 86.7 cm³/mol. The molecule has 0 aromatic heterocycles. The van der Waals surface area contributed by atoms with Crippen LogP contribution in [0.15, 0.2) is 48.5 Å². The highest BCUT2D eigenvalue weighted by atomic mass is 15.3. The third kappa shape index (κ3) is 2.87. The number of rotatable bonds is 2. The Bertz CT molecular complexity index is 681. The van der Waals surface area contributed by atoms with E-state index >= 15 is 0 Å². The van der Waals surface area contributed by atoms with Crippen molar-refractivity contribution in [3.8, 4) is 12.1 Å². The van der Waals surface area contributed by atoms with E-state index in [0.717, 1.165) is 37.6 Å². The molecule has 0 aliphatic carbocycles. The summed E-state index contributed by atoms with van der Waals surface area (Å²) in [6.45, 7) is 3.63. The molecule has 3 rings (SSSR count). The van der Waals surface area contributed by atoms with E-state index in [1.807, 2.05) is 48.5 Å². The van der Waals surface area contributed by atoms with Gasteiger partial charge in [-0.2, -0.15) is 10.5 Å². The summed E-state index contributed by atoms with van der Waals surface area (Å²) in [5.41, 5.74) is 3.59. The van der Waals surface area contributed by atoms with Gasteiger partial charge < -0.3 is 9.80 Å². The average molecular weight is 288 g/mol. The lowest BCUT2D eigenvalue weighted by molar-refractivity contribution is 0.653. The molecule has 4 heteroatoms. The van der Waals surface area contributed by atoms with Crippen LogP contribution in [0.2, 0.25) is 0 Å². The average Bonchev–Trinajstić information content (AvgIpc) is 2.62. The van der Waals surface area contributed by atoms with Crippen LogP contribution < -0.4 is 9.80 Å². The van der Waals surface area contributed by atoms with E-state index in [2.05, 4.69) is 21.9 Å². The van der Waals surface area contributed by atoms with E-state index in [1.165, 1.54) is 0 Å². The second kappa shape index (κ2) is 6.20. The van der Waals surface area contributed by atoms with Crippen LogP contribution >= 0.6 is 0 Å². The molecule has 22 heavy (non-hydrogen) atoms. The van der Waals surface area contributed by atoms with Crippen molar-refractivity contribution >= 4 is 11.4 Å². The summed E-state index contributed by atoms with van der Waals surface area (Å²) in [6, 6.07) is 19.8. The second-order valence-electron chi connectivity index (χ2n) is 5.30. The molecule has 1 heterocycles. The van der Waals surface area contributed by atoms with Crippen molar-refractivity contribution in [1.82, 2.24) is 0 Å². The zero-order valence-electron chi connectivity index (χ0n) is 12.2. The molecule has 0 unspecified atom stereocenters. The lowest BCUT2D eigenvalue weighted by Gasteiger charge is -2.37. The molecule has 108 valence electrons. The fourth-order valence-corrected chi connectivity index (χ4v) is 2.77. The molecule has 1 saturated heterocycles. The Balaban J connectivity index is 1.70. The Kier molecular flexibility index (Phi) is 3.94. The van der Waals surface area contributed by atoms with Gasteiger partial charge in [0.05, 0.1) is 23.3 Å². The van der Waals surface area contributed by atoms with Gasteiger partial charge in [-0.1, -0.05) is 12.1 Å². The molecule has 1 aliphatic heterocycles. The molecule has 0 N–H and O–H groups in total. The van der Waals surface area contributed by atoms with Crippen molar-refractivity contribution in [2.24, 2.45) is 0 Å². The minimum absolute atomic E-state index is 0.696. The molecule has 1 aliphatic rings. The molecule has 0 saturated carbocycles. The number of nitrogens with zero attached hydrogens (tertiary/aromatic N) is 4. The third-order valence-corrected chi connectivity index (χ3v) is 3.96. The normalized spacial score (nSPS) is 14.3. The van der Waals surface area contributed by atoms with Crippen LogP contribution in [-0.4, -0.2) is 26.2 Å². The van der Waals surface area contributed by atoms with Crippen LogP contribution in [-0.2, 0) is 0 Å². The summed E-state index contributed by atoms with van der Waals surface area (Å²) in [5.74, 6) is 0. The van der Waals surface area contributed by atoms with E-state index < -0.39 is 0 Å². The van der Waals surface area contributed by atoms with E-state index in [9.17, 15) is 0 Å². The largest absolute Gasteiger partial charge is 0.368 e. The minimum Gasteiger partial charge on any atom is -0.368 e. The van der Waals surface area contributed by atoms with Gasteiger partial charge in [0.1, 0.15) is 0 Å². The molecular weight excluding hydrogens is 272 g/mol. The van der Waals surface area contributed by atoms with E-state index in [0.29, 0.717) is 11.1 Å². The topological polar surface area (TPSA) is 54.1 Å². The lowest BCUT2D eigenvalue weighted by Crippen LogP contribution is -2.46. The first kappa shape index (κ1) is 14.0. The second-order valence-corrected chi connectivity index (χ2v) is 5.30. The van der Waals surface area contributed by atoms with Crippen molar-refractivity contribution < 1.29 is 0 Å². The summed E-state index contributed by atoms with van der Waals surface area (Å²) >= 11 is 0. The third-order valence-electron chi connectivity index (χ3n) is 3.96. The number of nitriles is 2. The van der Waals surface area contributed by atoms with Gasteiger partial charge in [0.15, 0.2) is 0 Å². The highest BCUT2D eigenvalue weighted by molar-refractivity contribution is 5.55. The van der Waals surface area contributed by atoms with Gasteiger partial charge in [-0.25, -0.2) is 0 Å². The molecule has 1 fully saturated rings. The molecule has 0 spiro atoms. The summed E-state index contributed by atoms with van der Waals surface area (Å²) in [6.07, 6.45) is 0. The van der Waals surface area contributed by atoms with Gasteiger partial charge in [0, 0.05) is 37.6 Å². The van der Waals surface area contributed by atoms with Crippen molar-refractivity contribution in [2.75, 3.05) is 36.0 Å². The van der Waals surface area contributed by atoms with Gasteiger partial charge in [-0.05, 0) is 36.4 Å². The summed E-state index contributed by atoms with van der Waals surface area (Å²) in [7, 11) is 0. The first-order valence-electron chi connectivity index (χ1n) is 7.30. The van der Waals surface area contributed by atoms with Crippen molar-refractivity contribution in [3.63, 3.8) is 0 Å². The van der Waals surface area contributed by atoms with Crippen LogP contribution in [0.3, 0.4) is 0 Å². The lowest BCUT2D eigenvalue weighted by atomic mass is 10.1. The zero-order valence-corrected chi connectivity index (χ0v) is 12.2. The number of hydrogen-bond donors (Lipinski definition) is 0.